The van der Waals surface area contributed by atoms with Crippen LogP contribution in [0.3, 0.4) is 0 Å². The second kappa shape index (κ2) is 16.4. The zero-order valence-electron chi connectivity index (χ0n) is 36.1. The molecule has 64 heavy (non-hydrogen) atoms. The molecule has 3 aliphatic carbocycles. The first-order valence-electron chi connectivity index (χ1n) is 22.3. The Morgan fingerprint density at radius 2 is 1.66 bits per heavy atom. The molecule has 17 heteroatoms. The number of aliphatic hydroxyl groups is 1. The van der Waals surface area contributed by atoms with Crippen LogP contribution in [0.5, 0.6) is 0 Å². The number of nitrogens with one attached hydrogen (secondary N) is 3. The Morgan fingerprint density at radius 3 is 2.34 bits per heavy atom. The summed E-state index contributed by atoms with van der Waals surface area (Å²) in [7, 11) is 2.24. The van der Waals surface area contributed by atoms with Gasteiger partial charge in [-0.25, -0.2) is 9.50 Å². The molecule has 5 amide bonds. The number of carbonyl (C=O) groups is 5. The highest BCUT2D eigenvalue weighted by molar-refractivity contribution is 6.25. The zero-order valence-corrected chi connectivity index (χ0v) is 36.1. The summed E-state index contributed by atoms with van der Waals surface area (Å²) >= 11 is 0. The lowest BCUT2D eigenvalue weighted by atomic mass is 9.57. The van der Waals surface area contributed by atoms with Gasteiger partial charge in [0, 0.05) is 48.4 Å². The van der Waals surface area contributed by atoms with Gasteiger partial charge < -0.3 is 20.6 Å². The summed E-state index contributed by atoms with van der Waals surface area (Å²) in [5.74, 6) is -2.04. The van der Waals surface area contributed by atoms with E-state index in [1.54, 1.807) is 42.8 Å². The number of benzene rings is 1. The van der Waals surface area contributed by atoms with Gasteiger partial charge in [-0.05, 0) is 139 Å². The molecule has 3 saturated carbocycles. The van der Waals surface area contributed by atoms with E-state index in [4.69, 9.17) is 5.10 Å². The van der Waals surface area contributed by atoms with Gasteiger partial charge >= 0.3 is 6.18 Å². The van der Waals surface area contributed by atoms with Crippen molar-refractivity contribution in [2.75, 3.05) is 24.2 Å². The predicted octanol–water partition coefficient (Wildman–Crippen LogP) is 7.04. The SMILES string of the molecule is CN(CC1CCC(c2cc3cc(NC(=O)c4cccc(C(F)(F)F)n4)c(C(C)(C)O)cn3n2)CC1)C1CCC2(CC1)CC(Nc1cccc3c1C(=O)N(C1CCC(=O)NC1=O)C3=O)C2. The van der Waals surface area contributed by atoms with Gasteiger partial charge in [0.25, 0.3) is 17.7 Å². The number of pyridine rings is 2. The Kier molecular flexibility index (Phi) is 11.2. The van der Waals surface area contributed by atoms with Gasteiger partial charge in [-0.3, -0.25) is 34.2 Å². The summed E-state index contributed by atoms with van der Waals surface area (Å²) in [6.45, 7) is 4.16. The van der Waals surface area contributed by atoms with Crippen molar-refractivity contribution >= 4 is 46.4 Å². The van der Waals surface area contributed by atoms with E-state index >= 15 is 0 Å². The second-order valence-electron chi connectivity index (χ2n) is 19.3. The van der Waals surface area contributed by atoms with Gasteiger partial charge in [0.05, 0.1) is 33.6 Å². The standard InChI is InChI=1S/C47H53F3N8O6/c1-45(2,64)32-25-57-30(21-36(32)53-41(60)34-8-5-9-38(52-34)47(48,49)50)20-35(55-57)27-12-10-26(11-13-27)24-56(3)29-16-18-46(19-17-29)22-28(23-46)51-33-7-4-6-31-40(33)44(63)58(43(31)62)37-14-15-39(59)54-42(37)61/h4-9,20-21,25-29,37,51,64H,10-19,22-24H2,1-3H3,(H,53,60)(H,54,59,61). The van der Waals surface area contributed by atoms with Crippen LogP contribution < -0.4 is 16.0 Å². The lowest BCUT2D eigenvalue weighted by molar-refractivity contribution is -0.141. The van der Waals surface area contributed by atoms with Gasteiger partial charge in [-0.2, -0.15) is 18.3 Å². The van der Waals surface area contributed by atoms with Crippen LogP contribution in [0.4, 0.5) is 24.5 Å². The number of anilines is 2. The topological polar surface area (TPSA) is 178 Å². The maximum absolute atomic E-state index is 13.6. The first-order chi connectivity index (χ1) is 30.4. The number of hydrogen-bond donors (Lipinski definition) is 4. The minimum atomic E-state index is -4.70. The summed E-state index contributed by atoms with van der Waals surface area (Å²) in [6, 6.07) is 11.7. The van der Waals surface area contributed by atoms with E-state index in [-0.39, 0.29) is 41.5 Å². The van der Waals surface area contributed by atoms with Crippen LogP contribution in [0.1, 0.15) is 145 Å². The molecule has 4 N–H and O–H groups in total. The minimum Gasteiger partial charge on any atom is -0.386 e. The molecule has 1 unspecified atom stereocenters. The van der Waals surface area contributed by atoms with Crippen LogP contribution in [0, 0.1) is 11.3 Å². The number of amides is 5. The molecule has 0 radical (unpaired) electrons. The number of fused-ring (bicyclic) bond motifs is 2. The van der Waals surface area contributed by atoms with Crippen LogP contribution in [-0.4, -0.2) is 90.8 Å². The summed E-state index contributed by atoms with van der Waals surface area (Å²) in [5.41, 5.74) is 0.734. The van der Waals surface area contributed by atoms with Crippen molar-refractivity contribution in [2.24, 2.45) is 11.3 Å². The zero-order chi connectivity index (χ0) is 45.3. The summed E-state index contributed by atoms with van der Waals surface area (Å²) in [4.78, 5) is 71.3. The Bertz CT molecular complexity index is 2530. The van der Waals surface area contributed by atoms with Crippen molar-refractivity contribution in [3.63, 3.8) is 0 Å². The van der Waals surface area contributed by atoms with Gasteiger partial charge in [0.2, 0.25) is 11.8 Å². The monoisotopic (exact) mass is 882 g/mol. The number of nitrogens with zero attached hydrogens (tertiary/aromatic N) is 5. The predicted molar refractivity (Wildman–Crippen MR) is 229 cm³/mol. The number of carbonyl (C=O) groups excluding carboxylic acids is 5. The van der Waals surface area contributed by atoms with E-state index in [0.717, 1.165) is 93.5 Å². The number of aromatic nitrogens is 3. The highest BCUT2D eigenvalue weighted by Gasteiger charge is 2.49. The van der Waals surface area contributed by atoms with E-state index in [1.807, 2.05) is 12.1 Å². The Morgan fingerprint density at radius 1 is 0.938 bits per heavy atom. The van der Waals surface area contributed by atoms with E-state index in [1.165, 1.54) is 6.07 Å². The van der Waals surface area contributed by atoms with Gasteiger partial charge in [0.15, 0.2) is 0 Å². The summed E-state index contributed by atoms with van der Waals surface area (Å²) in [6.07, 6.45) is 7.74. The fourth-order valence-electron chi connectivity index (χ4n) is 11.0. The van der Waals surface area contributed by atoms with E-state index < -0.39 is 58.7 Å². The van der Waals surface area contributed by atoms with Gasteiger partial charge in [0.1, 0.15) is 17.4 Å². The molecule has 14 nitrogen and oxygen atoms in total. The highest BCUT2D eigenvalue weighted by Crippen LogP contribution is 2.53. The summed E-state index contributed by atoms with van der Waals surface area (Å²) in [5, 5.41) is 24.4. The van der Waals surface area contributed by atoms with Crippen LogP contribution in [0.15, 0.2) is 54.7 Å². The molecule has 1 spiro atoms. The lowest BCUT2D eigenvalue weighted by Crippen LogP contribution is -2.54. The smallest absolute Gasteiger partial charge is 0.386 e. The van der Waals surface area contributed by atoms with Gasteiger partial charge in [-0.15, -0.1) is 0 Å². The molecular formula is C47H53F3N8O6. The largest absolute Gasteiger partial charge is 0.433 e. The molecule has 4 aromatic rings. The maximum atomic E-state index is 13.6. The molecule has 338 valence electrons. The van der Waals surface area contributed by atoms with Crippen LogP contribution in [-0.2, 0) is 21.4 Å². The third-order valence-electron chi connectivity index (χ3n) is 14.4. The summed E-state index contributed by atoms with van der Waals surface area (Å²) < 4.78 is 41.5. The van der Waals surface area contributed by atoms with Crippen LogP contribution in [0.2, 0.25) is 0 Å². The lowest BCUT2D eigenvalue weighted by Gasteiger charge is -2.53. The third-order valence-corrected chi connectivity index (χ3v) is 14.4. The highest BCUT2D eigenvalue weighted by atomic mass is 19.4. The van der Waals surface area contributed by atoms with Crippen molar-refractivity contribution in [3.05, 3.63) is 88.5 Å². The second-order valence-corrected chi connectivity index (χ2v) is 19.3. The number of rotatable bonds is 10. The number of piperidine rings is 1. The fraction of sp³-hybridized carbons (Fsp3) is 0.511. The van der Waals surface area contributed by atoms with E-state index in [2.05, 4.69) is 32.9 Å². The molecule has 1 saturated heterocycles. The van der Waals surface area contributed by atoms with Crippen LogP contribution >= 0.6 is 0 Å². The molecule has 2 aliphatic heterocycles. The third kappa shape index (κ3) is 8.39. The average molecular weight is 883 g/mol. The number of hydrogen-bond acceptors (Lipinski definition) is 10. The fourth-order valence-corrected chi connectivity index (χ4v) is 11.0. The number of alkyl halides is 3. The van der Waals surface area contributed by atoms with E-state index in [0.29, 0.717) is 34.3 Å². The number of halogens is 3. The van der Waals surface area contributed by atoms with Crippen molar-refractivity contribution in [2.45, 2.75) is 127 Å². The Hall–Kier alpha value is -5.68. The van der Waals surface area contributed by atoms with Crippen molar-refractivity contribution < 1.29 is 42.3 Å². The number of imide groups is 2. The van der Waals surface area contributed by atoms with E-state index in [9.17, 15) is 42.3 Å². The molecule has 3 aromatic heterocycles. The molecule has 5 heterocycles. The Balaban J connectivity index is 0.759. The maximum Gasteiger partial charge on any atom is 0.433 e. The van der Waals surface area contributed by atoms with Crippen LogP contribution in [0.25, 0.3) is 5.52 Å². The average Bonchev–Trinajstić information content (AvgIpc) is 3.77. The van der Waals surface area contributed by atoms with Crippen molar-refractivity contribution in [1.82, 2.24) is 29.7 Å². The minimum absolute atomic E-state index is 0.0752. The molecule has 1 aromatic carbocycles. The Labute approximate surface area is 368 Å². The van der Waals surface area contributed by atoms with Crippen molar-refractivity contribution in [3.8, 4) is 0 Å². The molecular weight excluding hydrogens is 830 g/mol. The molecule has 4 fully saturated rings. The molecule has 5 aliphatic rings. The van der Waals surface area contributed by atoms with Crippen molar-refractivity contribution in [1.29, 1.82) is 0 Å². The first kappa shape index (κ1) is 43.6. The van der Waals surface area contributed by atoms with Gasteiger partial charge in [-0.1, -0.05) is 12.1 Å². The molecule has 0 bridgehead atoms. The normalized spacial score (nSPS) is 26.3. The first-order valence-corrected chi connectivity index (χ1v) is 22.3. The molecule has 9 rings (SSSR count). The quantitative estimate of drug-likeness (QED) is 0.121. The molecule has 1 atom stereocenters.